The van der Waals surface area contributed by atoms with Crippen LogP contribution in [0, 0.1) is 0 Å². The molecule has 0 saturated heterocycles. The van der Waals surface area contributed by atoms with Crippen LogP contribution in [-0.4, -0.2) is 39.2 Å². The van der Waals surface area contributed by atoms with Crippen LogP contribution in [0.25, 0.3) is 0 Å². The van der Waals surface area contributed by atoms with E-state index in [0.29, 0.717) is 6.42 Å². The van der Waals surface area contributed by atoms with E-state index in [4.69, 9.17) is 0 Å². The monoisotopic (exact) mass is 261 g/mol. The molecule has 0 aliphatic rings. The molecule has 0 radical (unpaired) electrons. The van der Waals surface area contributed by atoms with Gasteiger partial charge in [-0.15, -0.1) is 0 Å². The van der Waals surface area contributed by atoms with Crippen LogP contribution >= 0.6 is 0 Å². The molecule has 0 unspecified atom stereocenters. The number of alkyl halides is 3. The van der Waals surface area contributed by atoms with Gasteiger partial charge < -0.3 is 5.32 Å². The molecule has 0 aromatic carbocycles. The highest BCUT2D eigenvalue weighted by molar-refractivity contribution is 7.91. The van der Waals surface area contributed by atoms with Crippen molar-refractivity contribution in [3.63, 3.8) is 0 Å². The minimum atomic E-state index is -4.13. The fourth-order valence-corrected chi connectivity index (χ4v) is 2.46. The molecule has 0 aliphatic heterocycles. The first-order chi connectivity index (χ1) is 7.27. The van der Waals surface area contributed by atoms with Gasteiger partial charge in [-0.2, -0.15) is 13.2 Å². The molecule has 98 valence electrons. The van der Waals surface area contributed by atoms with Crippen LogP contribution in [0.2, 0.25) is 0 Å². The fraction of sp³-hybridized carbons (Fsp3) is 1.00. The summed E-state index contributed by atoms with van der Waals surface area (Å²) in [4.78, 5) is 0. The van der Waals surface area contributed by atoms with Crippen molar-refractivity contribution in [2.45, 2.75) is 32.4 Å². The molecule has 3 nitrogen and oxygen atoms in total. The Morgan fingerprint density at radius 2 is 1.75 bits per heavy atom. The zero-order chi connectivity index (χ0) is 12.7. The third kappa shape index (κ3) is 10.2. The Morgan fingerprint density at radius 1 is 1.12 bits per heavy atom. The Kier molecular flexibility index (Phi) is 6.98. The molecule has 16 heavy (non-hydrogen) atoms. The molecule has 0 aromatic rings. The number of nitrogens with one attached hydrogen (secondary N) is 1. The summed E-state index contributed by atoms with van der Waals surface area (Å²) >= 11 is 0. The zero-order valence-electron chi connectivity index (χ0n) is 9.31. The summed E-state index contributed by atoms with van der Waals surface area (Å²) < 4.78 is 57.6. The third-order valence-corrected chi connectivity index (χ3v) is 3.78. The molecule has 0 rings (SSSR count). The zero-order valence-corrected chi connectivity index (χ0v) is 10.1. The van der Waals surface area contributed by atoms with Crippen LogP contribution in [-0.2, 0) is 9.84 Å². The average molecular weight is 261 g/mol. The van der Waals surface area contributed by atoms with E-state index in [1.54, 1.807) is 6.92 Å². The van der Waals surface area contributed by atoms with Gasteiger partial charge in [0.05, 0.1) is 5.75 Å². The minimum absolute atomic E-state index is 0.00709. The maximum absolute atomic E-state index is 11.7. The van der Waals surface area contributed by atoms with E-state index in [1.165, 1.54) is 0 Å². The van der Waals surface area contributed by atoms with Crippen LogP contribution in [0.15, 0.2) is 0 Å². The normalized spacial score (nSPS) is 13.0. The molecule has 0 heterocycles. The molecule has 0 amide bonds. The quantitative estimate of drug-likeness (QED) is 0.677. The predicted molar refractivity (Wildman–Crippen MR) is 57.1 cm³/mol. The Balaban J connectivity index is 3.48. The van der Waals surface area contributed by atoms with Crippen molar-refractivity contribution in [3.8, 4) is 0 Å². The van der Waals surface area contributed by atoms with Crippen molar-refractivity contribution in [1.29, 1.82) is 0 Å². The fourth-order valence-electron chi connectivity index (χ4n) is 1.18. The number of rotatable bonds is 8. The van der Waals surface area contributed by atoms with Crippen LogP contribution in [0.1, 0.15) is 26.2 Å². The largest absolute Gasteiger partial charge is 0.389 e. The van der Waals surface area contributed by atoms with Crippen molar-refractivity contribution in [1.82, 2.24) is 5.32 Å². The molecule has 0 aliphatic carbocycles. The van der Waals surface area contributed by atoms with Crippen molar-refractivity contribution in [3.05, 3.63) is 0 Å². The first-order valence-corrected chi connectivity index (χ1v) is 7.07. The highest BCUT2D eigenvalue weighted by atomic mass is 32.2. The molecular formula is C9H18F3NO2S. The van der Waals surface area contributed by atoms with Gasteiger partial charge in [-0.05, 0) is 19.4 Å². The molecule has 0 fully saturated rings. The van der Waals surface area contributed by atoms with Crippen LogP contribution in [0.4, 0.5) is 13.2 Å². The topological polar surface area (TPSA) is 46.2 Å². The summed E-state index contributed by atoms with van der Waals surface area (Å²) in [6.45, 7) is 2.19. The van der Waals surface area contributed by atoms with E-state index < -0.39 is 22.4 Å². The van der Waals surface area contributed by atoms with E-state index in [2.05, 4.69) is 5.32 Å². The summed E-state index contributed by atoms with van der Waals surface area (Å²) in [7, 11) is -3.03. The maximum atomic E-state index is 11.7. The van der Waals surface area contributed by atoms with Gasteiger partial charge in [0, 0.05) is 18.7 Å². The molecule has 1 N–H and O–H groups in total. The third-order valence-electron chi connectivity index (χ3n) is 1.92. The minimum Gasteiger partial charge on any atom is -0.316 e. The maximum Gasteiger partial charge on any atom is 0.389 e. The lowest BCUT2D eigenvalue weighted by atomic mass is 10.3. The van der Waals surface area contributed by atoms with Crippen molar-refractivity contribution < 1.29 is 21.6 Å². The molecule has 0 aromatic heterocycles. The van der Waals surface area contributed by atoms with Crippen LogP contribution in [0.3, 0.4) is 0 Å². The number of halogens is 3. The summed E-state index contributed by atoms with van der Waals surface area (Å²) in [6, 6.07) is 0. The molecule has 0 atom stereocenters. The van der Waals surface area contributed by atoms with Gasteiger partial charge in [0.15, 0.2) is 9.84 Å². The lowest BCUT2D eigenvalue weighted by Crippen LogP contribution is -2.26. The first kappa shape index (κ1) is 15.7. The second kappa shape index (κ2) is 7.11. The standard InChI is InChI=1S/C9H18F3NO2S/c1-2-7-16(14,15)8-6-13-5-3-4-9(10,11)12/h13H,2-8H2,1H3. The Labute approximate surface area is 94.3 Å². The van der Waals surface area contributed by atoms with E-state index in [1.807, 2.05) is 0 Å². The van der Waals surface area contributed by atoms with Gasteiger partial charge in [0.25, 0.3) is 0 Å². The Hall–Kier alpha value is -0.300. The lowest BCUT2D eigenvalue weighted by molar-refractivity contribution is -0.135. The predicted octanol–water partition coefficient (Wildman–Crippen LogP) is 1.74. The van der Waals surface area contributed by atoms with E-state index in [9.17, 15) is 21.6 Å². The number of hydrogen-bond acceptors (Lipinski definition) is 3. The van der Waals surface area contributed by atoms with Crippen molar-refractivity contribution in [2.24, 2.45) is 0 Å². The highest BCUT2D eigenvalue weighted by Gasteiger charge is 2.25. The SMILES string of the molecule is CCCS(=O)(=O)CCNCCCC(F)(F)F. The van der Waals surface area contributed by atoms with E-state index in [-0.39, 0.29) is 31.0 Å². The first-order valence-electron chi connectivity index (χ1n) is 5.25. The van der Waals surface area contributed by atoms with Gasteiger partial charge in [0.1, 0.15) is 0 Å². The highest BCUT2D eigenvalue weighted by Crippen LogP contribution is 2.20. The molecule has 7 heteroatoms. The summed E-state index contributed by atoms with van der Waals surface area (Å²) in [5, 5.41) is 2.69. The molecule has 0 saturated carbocycles. The molecule has 0 bridgehead atoms. The second-order valence-corrected chi connectivity index (χ2v) is 5.92. The Bertz CT molecular complexity index is 275. The van der Waals surface area contributed by atoms with Gasteiger partial charge >= 0.3 is 6.18 Å². The van der Waals surface area contributed by atoms with E-state index in [0.717, 1.165) is 0 Å². The van der Waals surface area contributed by atoms with Crippen LogP contribution in [0.5, 0.6) is 0 Å². The number of sulfone groups is 1. The van der Waals surface area contributed by atoms with Gasteiger partial charge in [-0.1, -0.05) is 6.92 Å². The lowest BCUT2D eigenvalue weighted by Gasteiger charge is -2.07. The molecule has 0 spiro atoms. The van der Waals surface area contributed by atoms with Crippen LogP contribution < -0.4 is 5.32 Å². The van der Waals surface area contributed by atoms with Gasteiger partial charge in [0.2, 0.25) is 0 Å². The summed E-state index contributed by atoms with van der Waals surface area (Å²) in [5.74, 6) is 0.129. The second-order valence-electron chi connectivity index (χ2n) is 3.62. The smallest absolute Gasteiger partial charge is 0.316 e. The summed E-state index contributed by atoms with van der Waals surface area (Å²) in [5.41, 5.74) is 0. The number of hydrogen-bond donors (Lipinski definition) is 1. The van der Waals surface area contributed by atoms with Crippen molar-refractivity contribution in [2.75, 3.05) is 24.6 Å². The van der Waals surface area contributed by atoms with Gasteiger partial charge in [-0.3, -0.25) is 0 Å². The Morgan fingerprint density at radius 3 is 2.25 bits per heavy atom. The summed E-state index contributed by atoms with van der Waals surface area (Å²) in [6.07, 6.45) is -4.41. The molecular weight excluding hydrogens is 243 g/mol. The van der Waals surface area contributed by atoms with Gasteiger partial charge in [-0.25, -0.2) is 8.42 Å². The van der Waals surface area contributed by atoms with Crippen molar-refractivity contribution >= 4 is 9.84 Å². The average Bonchev–Trinajstić information content (AvgIpc) is 2.09. The van der Waals surface area contributed by atoms with E-state index >= 15 is 0 Å².